The second-order valence-corrected chi connectivity index (χ2v) is 11.4. The van der Waals surface area contributed by atoms with Gasteiger partial charge >= 0.3 is 0 Å². The fourth-order valence-electron chi connectivity index (χ4n) is 6.42. The van der Waals surface area contributed by atoms with Gasteiger partial charge in [-0.1, -0.05) is 133 Å². The quantitative estimate of drug-likeness (QED) is 0.210. The summed E-state index contributed by atoms with van der Waals surface area (Å²) in [5, 5.41) is 6.90. The van der Waals surface area contributed by atoms with Gasteiger partial charge in [-0.15, -0.1) is 0 Å². The molecule has 7 aromatic carbocycles. The Morgan fingerprint density at radius 2 is 1.09 bits per heavy atom. The molecule has 3 nitrogen and oxygen atoms in total. The second-order valence-electron chi connectivity index (χ2n) is 11.4. The fraction of sp³-hybridized carbons (Fsp3) is 0. The van der Waals surface area contributed by atoms with Crippen LogP contribution in [0.25, 0.3) is 88.5 Å². The van der Waals surface area contributed by atoms with E-state index in [1.54, 1.807) is 0 Å². The van der Waals surface area contributed by atoms with E-state index in [0.717, 1.165) is 60.8 Å². The van der Waals surface area contributed by atoms with Crippen LogP contribution in [0, 0.1) is 0 Å². The van der Waals surface area contributed by atoms with E-state index in [-0.39, 0.29) is 0 Å². The predicted octanol–water partition coefficient (Wildman–Crippen LogP) is 11.4. The Morgan fingerprint density at radius 3 is 1.96 bits per heavy atom. The normalized spacial score (nSPS) is 11.6. The monoisotopic (exact) mass is 574 g/mol. The van der Waals surface area contributed by atoms with Crippen molar-refractivity contribution in [3.8, 4) is 45.0 Å². The maximum absolute atomic E-state index is 6.50. The van der Waals surface area contributed by atoms with E-state index in [1.807, 2.05) is 30.3 Å². The molecule has 0 spiro atoms. The molecule has 0 fully saturated rings. The molecule has 3 heteroatoms. The first kappa shape index (κ1) is 25.4. The van der Waals surface area contributed by atoms with Gasteiger partial charge in [0.05, 0.1) is 11.4 Å². The number of furan rings is 1. The minimum absolute atomic E-state index is 0.692. The van der Waals surface area contributed by atoms with Crippen molar-refractivity contribution in [3.05, 3.63) is 158 Å². The van der Waals surface area contributed by atoms with Crippen molar-refractivity contribution in [3.63, 3.8) is 0 Å². The first-order valence-electron chi connectivity index (χ1n) is 15.2. The Morgan fingerprint density at radius 1 is 0.400 bits per heavy atom. The van der Waals surface area contributed by atoms with E-state index in [9.17, 15) is 0 Å². The van der Waals surface area contributed by atoms with E-state index in [2.05, 4.69) is 127 Å². The number of aromatic nitrogens is 2. The maximum Gasteiger partial charge on any atom is 0.160 e. The summed E-state index contributed by atoms with van der Waals surface area (Å²) < 4.78 is 6.50. The molecule has 0 radical (unpaired) electrons. The van der Waals surface area contributed by atoms with E-state index < -0.39 is 0 Å². The lowest BCUT2D eigenvalue weighted by molar-refractivity contribution is 0.673. The van der Waals surface area contributed by atoms with Crippen LogP contribution in [0.3, 0.4) is 0 Å². The highest BCUT2D eigenvalue weighted by Gasteiger charge is 2.17. The standard InChI is InChI=1S/C42H26N2O/c1-2-11-31(12-3-1)42-43-37(30-20-17-28(18-21-30)33-22-19-27-9-4-5-13-32(27)25-33)26-38(44-42)35-15-8-16-39-40(35)36-24-23-29-10-6-7-14-34(29)41(36)45-39/h1-26H. The Balaban J connectivity index is 1.21. The highest BCUT2D eigenvalue weighted by Crippen LogP contribution is 2.40. The van der Waals surface area contributed by atoms with Crippen LogP contribution in [0.15, 0.2) is 162 Å². The third kappa shape index (κ3) is 4.37. The number of nitrogens with zero attached hydrogens (tertiary/aromatic N) is 2. The van der Waals surface area contributed by atoms with Crippen molar-refractivity contribution in [2.45, 2.75) is 0 Å². The molecule has 0 saturated carbocycles. The van der Waals surface area contributed by atoms with Gasteiger partial charge in [0.2, 0.25) is 0 Å². The van der Waals surface area contributed by atoms with Crippen molar-refractivity contribution in [1.82, 2.24) is 9.97 Å². The molecule has 0 aliphatic heterocycles. The Kier molecular flexibility index (Phi) is 5.82. The van der Waals surface area contributed by atoms with Gasteiger partial charge in [-0.3, -0.25) is 0 Å². The zero-order valence-corrected chi connectivity index (χ0v) is 24.3. The average Bonchev–Trinajstić information content (AvgIpc) is 3.51. The number of hydrogen-bond donors (Lipinski definition) is 0. The van der Waals surface area contributed by atoms with Crippen LogP contribution in [-0.2, 0) is 0 Å². The molecule has 0 amide bonds. The fourth-order valence-corrected chi connectivity index (χ4v) is 6.42. The smallest absolute Gasteiger partial charge is 0.160 e. The van der Waals surface area contributed by atoms with Gasteiger partial charge in [-0.25, -0.2) is 9.97 Å². The average molecular weight is 575 g/mol. The Bertz CT molecular complexity index is 2530. The van der Waals surface area contributed by atoms with E-state index in [0.29, 0.717) is 5.82 Å². The molecule has 9 rings (SSSR count). The minimum Gasteiger partial charge on any atom is -0.455 e. The van der Waals surface area contributed by atoms with Gasteiger partial charge in [0.15, 0.2) is 5.82 Å². The Hall–Kier alpha value is -6.06. The zero-order valence-electron chi connectivity index (χ0n) is 24.3. The van der Waals surface area contributed by atoms with Crippen LogP contribution in [0.5, 0.6) is 0 Å². The molecule has 0 unspecified atom stereocenters. The van der Waals surface area contributed by atoms with Gasteiger partial charge < -0.3 is 4.42 Å². The summed E-state index contributed by atoms with van der Waals surface area (Å²) in [6.07, 6.45) is 0. The van der Waals surface area contributed by atoms with Crippen molar-refractivity contribution in [2.24, 2.45) is 0 Å². The topological polar surface area (TPSA) is 38.9 Å². The van der Waals surface area contributed by atoms with Gasteiger partial charge in [-0.2, -0.15) is 0 Å². The number of fused-ring (bicyclic) bond motifs is 6. The summed E-state index contributed by atoms with van der Waals surface area (Å²) in [5.41, 5.74) is 8.88. The van der Waals surface area contributed by atoms with E-state index in [4.69, 9.17) is 14.4 Å². The van der Waals surface area contributed by atoms with Crippen molar-refractivity contribution in [2.75, 3.05) is 0 Å². The first-order chi connectivity index (χ1) is 22.3. The third-order valence-corrected chi connectivity index (χ3v) is 8.68. The summed E-state index contributed by atoms with van der Waals surface area (Å²) in [4.78, 5) is 10.2. The largest absolute Gasteiger partial charge is 0.455 e. The molecular weight excluding hydrogens is 548 g/mol. The summed E-state index contributed by atoms with van der Waals surface area (Å²) in [6, 6.07) is 55.0. The first-order valence-corrected chi connectivity index (χ1v) is 15.2. The van der Waals surface area contributed by atoms with Gasteiger partial charge in [0.1, 0.15) is 11.2 Å². The van der Waals surface area contributed by atoms with Gasteiger partial charge in [0.25, 0.3) is 0 Å². The van der Waals surface area contributed by atoms with E-state index >= 15 is 0 Å². The van der Waals surface area contributed by atoms with Crippen molar-refractivity contribution in [1.29, 1.82) is 0 Å². The minimum atomic E-state index is 0.692. The van der Waals surface area contributed by atoms with Crippen molar-refractivity contribution >= 4 is 43.5 Å². The molecule has 0 saturated heterocycles. The third-order valence-electron chi connectivity index (χ3n) is 8.68. The highest BCUT2D eigenvalue weighted by atomic mass is 16.3. The summed E-state index contributed by atoms with van der Waals surface area (Å²) in [6.45, 7) is 0. The summed E-state index contributed by atoms with van der Waals surface area (Å²) >= 11 is 0. The number of benzene rings is 7. The zero-order chi connectivity index (χ0) is 29.7. The van der Waals surface area contributed by atoms with Crippen LogP contribution in [0.1, 0.15) is 0 Å². The molecule has 0 aliphatic carbocycles. The molecule has 0 bridgehead atoms. The predicted molar refractivity (Wildman–Crippen MR) is 186 cm³/mol. The Labute approximate surface area is 260 Å². The molecule has 45 heavy (non-hydrogen) atoms. The molecule has 0 N–H and O–H groups in total. The van der Waals surface area contributed by atoms with Gasteiger partial charge in [0, 0.05) is 32.8 Å². The summed E-state index contributed by atoms with van der Waals surface area (Å²) in [7, 11) is 0. The molecule has 9 aromatic rings. The lowest BCUT2D eigenvalue weighted by atomic mass is 9.98. The molecule has 210 valence electrons. The highest BCUT2D eigenvalue weighted by molar-refractivity contribution is 6.18. The summed E-state index contributed by atoms with van der Waals surface area (Å²) in [5.74, 6) is 0.692. The van der Waals surface area contributed by atoms with Crippen LogP contribution >= 0.6 is 0 Å². The maximum atomic E-state index is 6.50. The van der Waals surface area contributed by atoms with Gasteiger partial charge in [-0.05, 0) is 51.6 Å². The lowest BCUT2D eigenvalue weighted by Gasteiger charge is -2.11. The van der Waals surface area contributed by atoms with Crippen LogP contribution < -0.4 is 0 Å². The molecule has 2 heterocycles. The molecule has 2 aromatic heterocycles. The van der Waals surface area contributed by atoms with Crippen molar-refractivity contribution < 1.29 is 4.42 Å². The van der Waals surface area contributed by atoms with E-state index in [1.165, 1.54) is 21.9 Å². The SMILES string of the molecule is c1ccc(-c2nc(-c3ccc(-c4ccc5ccccc5c4)cc3)cc(-c3cccc4oc5c6ccccc6ccc5c34)n2)cc1. The molecule has 0 atom stereocenters. The van der Waals surface area contributed by atoms with Crippen LogP contribution in [-0.4, -0.2) is 9.97 Å². The van der Waals surface area contributed by atoms with Crippen LogP contribution in [0.4, 0.5) is 0 Å². The molecule has 0 aliphatic rings. The molecular formula is C42H26N2O. The lowest BCUT2D eigenvalue weighted by Crippen LogP contribution is -1.96. The number of hydrogen-bond acceptors (Lipinski definition) is 3. The van der Waals surface area contributed by atoms with Crippen LogP contribution in [0.2, 0.25) is 0 Å². The second kappa shape index (κ2) is 10.3. The number of rotatable bonds is 4.